The molecular weight excluding hydrogens is 208 g/mol. The number of hydrogen-bond acceptors (Lipinski definition) is 2. The zero-order chi connectivity index (χ0) is 12.3. The summed E-state index contributed by atoms with van der Waals surface area (Å²) in [6.45, 7) is 4.78. The predicted molar refractivity (Wildman–Crippen MR) is 71.7 cm³/mol. The molecule has 0 bridgehead atoms. The van der Waals surface area contributed by atoms with Gasteiger partial charge in [-0.25, -0.2) is 0 Å². The third kappa shape index (κ3) is 3.06. The van der Waals surface area contributed by atoms with Gasteiger partial charge in [-0.2, -0.15) is 0 Å². The van der Waals surface area contributed by atoms with Crippen molar-refractivity contribution >= 4 is 0 Å². The van der Waals surface area contributed by atoms with E-state index < -0.39 is 0 Å². The van der Waals surface area contributed by atoms with E-state index in [1.165, 1.54) is 24.8 Å². The predicted octanol–water partition coefficient (Wildman–Crippen LogP) is 3.41. The lowest BCUT2D eigenvalue weighted by atomic mass is 9.72. The van der Waals surface area contributed by atoms with E-state index in [-0.39, 0.29) is 0 Å². The van der Waals surface area contributed by atoms with E-state index in [2.05, 4.69) is 37.3 Å². The summed E-state index contributed by atoms with van der Waals surface area (Å²) in [4.78, 5) is 4.25. The smallest absolute Gasteiger partial charge is 0.0361 e. The van der Waals surface area contributed by atoms with Crippen LogP contribution in [0.25, 0.3) is 0 Å². The molecule has 94 valence electrons. The van der Waals surface area contributed by atoms with Crippen molar-refractivity contribution in [2.45, 2.75) is 39.2 Å². The molecule has 3 unspecified atom stereocenters. The van der Waals surface area contributed by atoms with Crippen LogP contribution in [0.2, 0.25) is 0 Å². The average molecular weight is 232 g/mol. The van der Waals surface area contributed by atoms with Gasteiger partial charge in [0.25, 0.3) is 0 Å². The number of pyridine rings is 1. The lowest BCUT2D eigenvalue weighted by molar-refractivity contribution is 0.180. The number of aromatic nitrogens is 1. The molecule has 0 aliphatic heterocycles. The van der Waals surface area contributed by atoms with E-state index in [0.717, 1.165) is 17.8 Å². The highest BCUT2D eigenvalue weighted by atomic mass is 14.9. The van der Waals surface area contributed by atoms with Crippen LogP contribution in [0.3, 0.4) is 0 Å². The molecule has 2 heteroatoms. The molecule has 2 nitrogen and oxygen atoms in total. The van der Waals surface area contributed by atoms with E-state index in [1.54, 1.807) is 0 Å². The first-order chi connectivity index (χ1) is 8.20. The Morgan fingerprint density at radius 3 is 2.47 bits per heavy atom. The Kier molecular flexibility index (Phi) is 4.16. The molecule has 0 radical (unpaired) electrons. The lowest BCUT2D eigenvalue weighted by Crippen LogP contribution is -2.31. The van der Waals surface area contributed by atoms with Crippen LogP contribution >= 0.6 is 0 Å². The molecule has 1 aromatic heterocycles. The number of nitrogens with zero attached hydrogens (tertiary/aromatic N) is 1. The Morgan fingerprint density at radius 1 is 1.24 bits per heavy atom. The van der Waals surface area contributed by atoms with Gasteiger partial charge in [0.1, 0.15) is 0 Å². The minimum absolute atomic E-state index is 0.467. The van der Waals surface area contributed by atoms with Gasteiger partial charge in [-0.15, -0.1) is 0 Å². The van der Waals surface area contributed by atoms with E-state index in [0.29, 0.717) is 6.04 Å². The summed E-state index contributed by atoms with van der Waals surface area (Å²) in [5, 5.41) is 3.49. The summed E-state index contributed by atoms with van der Waals surface area (Å²) < 4.78 is 0. The van der Waals surface area contributed by atoms with Crippen LogP contribution in [-0.2, 0) is 0 Å². The molecule has 0 aromatic carbocycles. The van der Waals surface area contributed by atoms with Crippen LogP contribution in [0.15, 0.2) is 24.5 Å². The van der Waals surface area contributed by atoms with E-state index in [1.807, 2.05) is 18.5 Å². The maximum atomic E-state index is 4.25. The van der Waals surface area contributed by atoms with Gasteiger partial charge < -0.3 is 5.32 Å². The highest BCUT2D eigenvalue weighted by molar-refractivity contribution is 5.15. The van der Waals surface area contributed by atoms with Crippen molar-refractivity contribution < 1.29 is 0 Å². The monoisotopic (exact) mass is 232 g/mol. The van der Waals surface area contributed by atoms with Crippen molar-refractivity contribution in [2.24, 2.45) is 17.8 Å². The zero-order valence-electron chi connectivity index (χ0n) is 11.2. The fraction of sp³-hybridized carbons (Fsp3) is 0.667. The maximum absolute atomic E-state index is 4.25. The molecule has 1 N–H and O–H groups in total. The first-order valence-corrected chi connectivity index (χ1v) is 6.78. The summed E-state index contributed by atoms with van der Waals surface area (Å²) in [6, 6.07) is 4.70. The Bertz CT molecular complexity index is 326. The van der Waals surface area contributed by atoms with Gasteiger partial charge in [0.15, 0.2) is 0 Å². The summed E-state index contributed by atoms with van der Waals surface area (Å²) in [6.07, 6.45) is 7.92. The molecule has 0 spiro atoms. The van der Waals surface area contributed by atoms with E-state index in [9.17, 15) is 0 Å². The van der Waals surface area contributed by atoms with Crippen LogP contribution < -0.4 is 5.32 Å². The van der Waals surface area contributed by atoms with Gasteiger partial charge in [-0.05, 0) is 55.7 Å². The van der Waals surface area contributed by atoms with Crippen molar-refractivity contribution in [3.63, 3.8) is 0 Å². The molecule has 1 aliphatic carbocycles. The summed E-state index contributed by atoms with van der Waals surface area (Å²) in [5.74, 6) is 2.47. The SMILES string of the molecule is CNC(c1cccnc1)C1CC(C)CC(C)C1. The zero-order valence-corrected chi connectivity index (χ0v) is 11.2. The van der Waals surface area contributed by atoms with Gasteiger partial charge in [0, 0.05) is 18.4 Å². The Hall–Kier alpha value is -0.890. The molecule has 2 rings (SSSR count). The van der Waals surface area contributed by atoms with Gasteiger partial charge in [0.2, 0.25) is 0 Å². The van der Waals surface area contributed by atoms with Crippen molar-refractivity contribution in [2.75, 3.05) is 7.05 Å². The summed E-state index contributed by atoms with van der Waals surface area (Å²) in [7, 11) is 2.07. The van der Waals surface area contributed by atoms with Crippen LogP contribution in [0.1, 0.15) is 44.7 Å². The minimum Gasteiger partial charge on any atom is -0.313 e. The minimum atomic E-state index is 0.467. The van der Waals surface area contributed by atoms with E-state index in [4.69, 9.17) is 0 Å². The van der Waals surface area contributed by atoms with Crippen LogP contribution in [0.4, 0.5) is 0 Å². The molecular formula is C15H24N2. The Labute approximate surface area is 105 Å². The molecule has 0 saturated heterocycles. The molecule has 1 heterocycles. The second-order valence-corrected chi connectivity index (χ2v) is 5.73. The molecule has 1 aromatic rings. The topological polar surface area (TPSA) is 24.9 Å². The molecule has 1 fully saturated rings. The first-order valence-electron chi connectivity index (χ1n) is 6.78. The van der Waals surface area contributed by atoms with Crippen molar-refractivity contribution in [1.82, 2.24) is 10.3 Å². The number of nitrogens with one attached hydrogen (secondary N) is 1. The molecule has 1 aliphatic rings. The Morgan fingerprint density at radius 2 is 1.94 bits per heavy atom. The van der Waals surface area contributed by atoms with Crippen LogP contribution in [-0.4, -0.2) is 12.0 Å². The third-order valence-corrected chi connectivity index (χ3v) is 4.04. The van der Waals surface area contributed by atoms with Gasteiger partial charge in [0.05, 0.1) is 0 Å². The second kappa shape index (κ2) is 5.63. The highest BCUT2D eigenvalue weighted by Gasteiger charge is 2.30. The van der Waals surface area contributed by atoms with Gasteiger partial charge in [-0.1, -0.05) is 19.9 Å². The largest absolute Gasteiger partial charge is 0.313 e. The fourth-order valence-electron chi connectivity index (χ4n) is 3.52. The molecule has 0 amide bonds. The second-order valence-electron chi connectivity index (χ2n) is 5.73. The highest BCUT2D eigenvalue weighted by Crippen LogP contribution is 2.39. The quantitative estimate of drug-likeness (QED) is 0.864. The van der Waals surface area contributed by atoms with Crippen molar-refractivity contribution in [3.05, 3.63) is 30.1 Å². The van der Waals surface area contributed by atoms with Gasteiger partial charge >= 0.3 is 0 Å². The normalized spacial score (nSPS) is 31.1. The molecule has 3 atom stereocenters. The van der Waals surface area contributed by atoms with Crippen molar-refractivity contribution in [1.29, 1.82) is 0 Å². The standard InChI is InChI=1S/C15H24N2/c1-11-7-12(2)9-14(8-11)15(16-3)13-5-4-6-17-10-13/h4-6,10-12,14-16H,7-9H2,1-3H3. The van der Waals surface area contributed by atoms with Gasteiger partial charge in [-0.3, -0.25) is 4.98 Å². The van der Waals surface area contributed by atoms with Crippen LogP contribution in [0.5, 0.6) is 0 Å². The third-order valence-electron chi connectivity index (χ3n) is 4.04. The maximum Gasteiger partial charge on any atom is 0.0361 e. The fourth-order valence-corrected chi connectivity index (χ4v) is 3.52. The lowest BCUT2D eigenvalue weighted by Gasteiger charge is -2.36. The summed E-state index contributed by atoms with van der Waals surface area (Å²) in [5.41, 5.74) is 1.33. The number of rotatable bonds is 3. The number of hydrogen-bond donors (Lipinski definition) is 1. The van der Waals surface area contributed by atoms with Crippen molar-refractivity contribution in [3.8, 4) is 0 Å². The molecule has 17 heavy (non-hydrogen) atoms. The molecule has 1 saturated carbocycles. The Balaban J connectivity index is 2.13. The van der Waals surface area contributed by atoms with Crippen LogP contribution in [0, 0.1) is 17.8 Å². The summed E-state index contributed by atoms with van der Waals surface area (Å²) >= 11 is 0. The average Bonchev–Trinajstić information content (AvgIpc) is 2.30. The first kappa shape index (κ1) is 12.6. The van der Waals surface area contributed by atoms with E-state index >= 15 is 0 Å².